The Labute approximate surface area is 83.1 Å². The lowest BCUT2D eigenvalue weighted by molar-refractivity contribution is -0.145. The summed E-state index contributed by atoms with van der Waals surface area (Å²) in [6.07, 6.45) is -0.907. The second-order valence-electron chi connectivity index (χ2n) is 2.62. The fourth-order valence-corrected chi connectivity index (χ4v) is 0.838. The molecule has 0 atom stereocenters. The number of hydrogen-bond acceptors (Lipinski definition) is 3. The molecule has 0 aliphatic rings. The molecule has 0 radical (unpaired) electrons. The van der Waals surface area contributed by atoms with Gasteiger partial charge in [-0.15, -0.1) is 0 Å². The molecule has 0 aromatic heterocycles. The van der Waals surface area contributed by atoms with E-state index in [4.69, 9.17) is 5.11 Å². The number of esters is 1. The molecular weight excluding hydrogens is 210 g/mol. The second kappa shape index (κ2) is 4.50. The molecule has 0 heterocycles. The third-order valence-corrected chi connectivity index (χ3v) is 1.41. The van der Waals surface area contributed by atoms with Crippen LogP contribution in [0.3, 0.4) is 0 Å². The van der Waals surface area contributed by atoms with Gasteiger partial charge in [0.25, 0.3) is 0 Å². The third kappa shape index (κ3) is 3.34. The third-order valence-electron chi connectivity index (χ3n) is 1.41. The summed E-state index contributed by atoms with van der Waals surface area (Å²) in [5.74, 6) is -4.91. The summed E-state index contributed by atoms with van der Waals surface area (Å²) < 4.78 is 29.8. The molecule has 0 bridgehead atoms. The molecule has 0 aliphatic heterocycles. The van der Waals surface area contributed by atoms with Gasteiger partial charge in [-0.3, -0.25) is 9.59 Å². The van der Waals surface area contributed by atoms with Crippen LogP contribution in [0.5, 0.6) is 5.75 Å². The number of carboxylic acid groups (broad SMARTS) is 1. The summed E-state index contributed by atoms with van der Waals surface area (Å²) in [4.78, 5) is 20.9. The Morgan fingerprint density at radius 3 is 2.60 bits per heavy atom. The maximum Gasteiger partial charge on any atom is 0.322 e. The smallest absolute Gasteiger partial charge is 0.322 e. The molecule has 1 N–H and O–H groups in total. The van der Waals surface area contributed by atoms with Crippen molar-refractivity contribution in [1.82, 2.24) is 0 Å². The zero-order valence-electron chi connectivity index (χ0n) is 7.37. The van der Waals surface area contributed by atoms with Crippen LogP contribution < -0.4 is 4.74 Å². The first kappa shape index (κ1) is 11.1. The Bertz CT molecular complexity index is 403. The van der Waals surface area contributed by atoms with Crippen LogP contribution in [0, 0.1) is 11.6 Å². The van der Waals surface area contributed by atoms with E-state index < -0.39 is 35.7 Å². The van der Waals surface area contributed by atoms with E-state index in [1.54, 1.807) is 0 Å². The number of ether oxygens (including phenoxy) is 1. The van der Waals surface area contributed by atoms with Gasteiger partial charge < -0.3 is 9.84 Å². The van der Waals surface area contributed by atoms with Crippen molar-refractivity contribution in [2.24, 2.45) is 0 Å². The first-order chi connectivity index (χ1) is 6.99. The van der Waals surface area contributed by atoms with Gasteiger partial charge in [-0.1, -0.05) is 0 Å². The van der Waals surface area contributed by atoms with Crippen molar-refractivity contribution in [2.45, 2.75) is 6.42 Å². The summed E-state index contributed by atoms with van der Waals surface area (Å²) in [5.41, 5.74) is 0. The van der Waals surface area contributed by atoms with E-state index in [1.165, 1.54) is 0 Å². The van der Waals surface area contributed by atoms with E-state index in [0.717, 1.165) is 12.1 Å². The molecule has 0 amide bonds. The normalized spacial score (nSPS) is 9.73. The summed E-state index contributed by atoms with van der Waals surface area (Å²) in [6, 6.07) is 2.29. The predicted octanol–water partition coefficient (Wildman–Crippen LogP) is 1.34. The summed E-state index contributed by atoms with van der Waals surface area (Å²) >= 11 is 0. The Balaban J connectivity index is 2.76. The van der Waals surface area contributed by atoms with Crippen LogP contribution in [0.1, 0.15) is 6.42 Å². The van der Waals surface area contributed by atoms with Crippen molar-refractivity contribution in [3.63, 3.8) is 0 Å². The monoisotopic (exact) mass is 216 g/mol. The molecule has 6 heteroatoms. The topological polar surface area (TPSA) is 63.6 Å². The zero-order chi connectivity index (χ0) is 11.4. The average Bonchev–Trinajstić information content (AvgIpc) is 2.10. The first-order valence-corrected chi connectivity index (χ1v) is 3.86. The van der Waals surface area contributed by atoms with Gasteiger partial charge in [-0.05, 0) is 12.1 Å². The van der Waals surface area contributed by atoms with Crippen molar-refractivity contribution in [2.75, 3.05) is 0 Å². The van der Waals surface area contributed by atoms with Crippen molar-refractivity contribution in [3.05, 3.63) is 29.8 Å². The molecule has 15 heavy (non-hydrogen) atoms. The fraction of sp³-hybridized carbons (Fsp3) is 0.111. The molecule has 4 nitrogen and oxygen atoms in total. The number of aliphatic carboxylic acids is 1. The molecule has 0 fully saturated rings. The van der Waals surface area contributed by atoms with Gasteiger partial charge in [0.2, 0.25) is 0 Å². The maximum atomic E-state index is 12.9. The number of halogens is 2. The van der Waals surface area contributed by atoms with Crippen molar-refractivity contribution >= 4 is 11.9 Å². The summed E-state index contributed by atoms with van der Waals surface area (Å²) in [6.45, 7) is 0. The number of carbonyl (C=O) groups is 2. The number of rotatable bonds is 3. The lowest BCUT2D eigenvalue weighted by Crippen LogP contribution is -2.14. The number of carbonyl (C=O) groups excluding carboxylic acids is 1. The zero-order valence-corrected chi connectivity index (χ0v) is 7.37. The second-order valence-corrected chi connectivity index (χ2v) is 2.62. The average molecular weight is 216 g/mol. The van der Waals surface area contributed by atoms with E-state index in [9.17, 15) is 18.4 Å². The summed E-state index contributed by atoms with van der Waals surface area (Å²) in [5, 5.41) is 8.22. The quantitative estimate of drug-likeness (QED) is 0.470. The van der Waals surface area contributed by atoms with Crippen LogP contribution in [0.2, 0.25) is 0 Å². The van der Waals surface area contributed by atoms with E-state index >= 15 is 0 Å². The van der Waals surface area contributed by atoms with Gasteiger partial charge in [0.1, 0.15) is 12.2 Å². The lowest BCUT2D eigenvalue weighted by atomic mass is 10.3. The highest BCUT2D eigenvalue weighted by atomic mass is 19.1. The van der Waals surface area contributed by atoms with E-state index in [1.807, 2.05) is 0 Å². The SMILES string of the molecule is O=C(O)CC(=O)Oc1cc(F)ccc1F. The fourth-order valence-electron chi connectivity index (χ4n) is 0.838. The van der Waals surface area contributed by atoms with Crippen LogP contribution in [0.4, 0.5) is 8.78 Å². The number of carboxylic acids is 1. The van der Waals surface area contributed by atoms with E-state index in [2.05, 4.69) is 4.74 Å². The molecule has 0 saturated heterocycles. The highest BCUT2D eigenvalue weighted by Crippen LogP contribution is 2.18. The van der Waals surface area contributed by atoms with Crippen molar-refractivity contribution in [3.8, 4) is 5.75 Å². The van der Waals surface area contributed by atoms with Crippen LogP contribution in [-0.4, -0.2) is 17.0 Å². The first-order valence-electron chi connectivity index (χ1n) is 3.86. The maximum absolute atomic E-state index is 12.9. The van der Waals surface area contributed by atoms with Gasteiger partial charge in [0, 0.05) is 6.07 Å². The Morgan fingerprint density at radius 2 is 2.00 bits per heavy atom. The van der Waals surface area contributed by atoms with E-state index in [0.29, 0.717) is 6.07 Å². The van der Waals surface area contributed by atoms with Gasteiger partial charge in [-0.25, -0.2) is 8.78 Å². The molecule has 1 aromatic rings. The molecule has 80 valence electrons. The van der Waals surface area contributed by atoms with Gasteiger partial charge in [0.05, 0.1) is 0 Å². The van der Waals surface area contributed by atoms with Gasteiger partial charge in [0.15, 0.2) is 11.6 Å². The molecular formula is C9H6F2O4. The molecule has 0 aliphatic carbocycles. The molecule has 0 unspecified atom stereocenters. The lowest BCUT2D eigenvalue weighted by Gasteiger charge is -2.03. The van der Waals surface area contributed by atoms with Crippen molar-refractivity contribution < 1.29 is 28.2 Å². The molecule has 1 rings (SSSR count). The van der Waals surface area contributed by atoms with Crippen molar-refractivity contribution in [1.29, 1.82) is 0 Å². The largest absolute Gasteiger partial charge is 0.481 e. The van der Waals surface area contributed by atoms with Crippen LogP contribution in [-0.2, 0) is 9.59 Å². The van der Waals surface area contributed by atoms with Gasteiger partial charge in [-0.2, -0.15) is 0 Å². The van der Waals surface area contributed by atoms with Gasteiger partial charge >= 0.3 is 11.9 Å². The van der Waals surface area contributed by atoms with E-state index in [-0.39, 0.29) is 0 Å². The van der Waals surface area contributed by atoms with Crippen LogP contribution in [0.15, 0.2) is 18.2 Å². The summed E-state index contributed by atoms with van der Waals surface area (Å²) in [7, 11) is 0. The molecule has 1 aromatic carbocycles. The highest BCUT2D eigenvalue weighted by Gasteiger charge is 2.13. The Kier molecular flexibility index (Phi) is 3.33. The predicted molar refractivity (Wildman–Crippen MR) is 44.2 cm³/mol. The minimum atomic E-state index is -1.41. The minimum Gasteiger partial charge on any atom is -0.481 e. The number of benzene rings is 1. The highest BCUT2D eigenvalue weighted by molar-refractivity contribution is 5.91. The Morgan fingerprint density at radius 1 is 1.33 bits per heavy atom. The van der Waals surface area contributed by atoms with Crippen LogP contribution in [0.25, 0.3) is 0 Å². The molecule has 0 spiro atoms. The number of hydrogen-bond donors (Lipinski definition) is 1. The minimum absolute atomic E-state index is 0.624. The standard InChI is InChI=1S/C9H6F2O4/c10-5-1-2-6(11)7(3-5)15-9(14)4-8(12)13/h1-3H,4H2,(H,12,13). The Hall–Kier alpha value is -1.98. The van der Waals surface area contributed by atoms with Crippen LogP contribution >= 0.6 is 0 Å². The molecule has 0 saturated carbocycles.